The Balaban J connectivity index is 2.01. The van der Waals surface area contributed by atoms with Crippen LogP contribution in [0.2, 0.25) is 0 Å². The molecule has 1 saturated carbocycles. The van der Waals surface area contributed by atoms with Crippen LogP contribution in [0.15, 0.2) is 0 Å². The van der Waals surface area contributed by atoms with E-state index in [9.17, 15) is 9.59 Å². The minimum Gasteiger partial charge on any atom is -0.354 e. The van der Waals surface area contributed by atoms with E-state index in [2.05, 4.69) is 16.0 Å². The van der Waals surface area contributed by atoms with Crippen molar-refractivity contribution in [1.29, 1.82) is 0 Å². The average molecular weight is 241 g/mol. The van der Waals surface area contributed by atoms with Gasteiger partial charge in [-0.3, -0.25) is 4.79 Å². The molecule has 0 spiro atoms. The van der Waals surface area contributed by atoms with E-state index < -0.39 is 0 Å². The van der Waals surface area contributed by atoms with E-state index in [4.69, 9.17) is 0 Å². The summed E-state index contributed by atoms with van der Waals surface area (Å²) >= 11 is 0. The van der Waals surface area contributed by atoms with Crippen molar-refractivity contribution in [1.82, 2.24) is 16.0 Å². The quantitative estimate of drug-likeness (QED) is 0.652. The molecule has 0 aromatic heterocycles. The van der Waals surface area contributed by atoms with Crippen LogP contribution in [0.1, 0.15) is 46.0 Å². The second kappa shape index (κ2) is 7.14. The number of carbonyl (C=O) groups excluding carboxylic acids is 2. The molecule has 1 aliphatic rings. The Labute approximate surface area is 103 Å². The fraction of sp³-hybridized carbons (Fsp3) is 0.833. The topological polar surface area (TPSA) is 70.2 Å². The minimum absolute atomic E-state index is 0.0108. The van der Waals surface area contributed by atoms with Gasteiger partial charge in [0.1, 0.15) is 0 Å². The number of urea groups is 1. The van der Waals surface area contributed by atoms with Gasteiger partial charge in [0.2, 0.25) is 5.91 Å². The van der Waals surface area contributed by atoms with E-state index in [-0.39, 0.29) is 18.0 Å². The Kier molecular flexibility index (Phi) is 5.80. The van der Waals surface area contributed by atoms with Gasteiger partial charge in [-0.1, -0.05) is 6.92 Å². The summed E-state index contributed by atoms with van der Waals surface area (Å²) in [4.78, 5) is 22.8. The molecule has 1 fully saturated rings. The van der Waals surface area contributed by atoms with Gasteiger partial charge in [-0.15, -0.1) is 0 Å². The van der Waals surface area contributed by atoms with Gasteiger partial charge in [0.25, 0.3) is 0 Å². The lowest BCUT2D eigenvalue weighted by atomic mass is 9.93. The van der Waals surface area contributed by atoms with Crippen molar-refractivity contribution >= 4 is 11.9 Å². The first kappa shape index (κ1) is 13.8. The number of nitrogens with one attached hydrogen (secondary N) is 3. The van der Waals surface area contributed by atoms with Gasteiger partial charge >= 0.3 is 6.03 Å². The van der Waals surface area contributed by atoms with Crippen molar-refractivity contribution in [2.45, 2.75) is 58.0 Å². The Hall–Kier alpha value is -1.26. The van der Waals surface area contributed by atoms with Gasteiger partial charge in [-0.05, 0) is 32.6 Å². The zero-order chi connectivity index (χ0) is 12.7. The SMILES string of the molecule is CCC(C)NC(=O)CCNC(=O)NC1CCC1. The van der Waals surface area contributed by atoms with Crippen LogP contribution in [0, 0.1) is 0 Å². The zero-order valence-electron chi connectivity index (χ0n) is 10.7. The van der Waals surface area contributed by atoms with Crippen molar-refractivity contribution in [2.24, 2.45) is 0 Å². The van der Waals surface area contributed by atoms with Crippen molar-refractivity contribution in [3.8, 4) is 0 Å². The molecular formula is C12H23N3O2. The predicted molar refractivity (Wildman–Crippen MR) is 66.7 cm³/mol. The Morgan fingerprint density at radius 1 is 1.35 bits per heavy atom. The molecule has 1 unspecified atom stereocenters. The predicted octanol–water partition coefficient (Wildman–Crippen LogP) is 1.14. The summed E-state index contributed by atoms with van der Waals surface area (Å²) < 4.78 is 0. The molecule has 0 saturated heterocycles. The Morgan fingerprint density at radius 2 is 2.06 bits per heavy atom. The third kappa shape index (κ3) is 5.56. The number of amides is 3. The molecule has 0 radical (unpaired) electrons. The summed E-state index contributed by atoms with van der Waals surface area (Å²) in [6, 6.07) is 0.376. The molecule has 98 valence electrons. The number of rotatable bonds is 6. The fourth-order valence-corrected chi connectivity index (χ4v) is 1.53. The second-order valence-electron chi connectivity index (χ2n) is 4.65. The summed E-state index contributed by atoms with van der Waals surface area (Å²) in [5, 5.41) is 8.41. The van der Waals surface area contributed by atoms with Gasteiger partial charge < -0.3 is 16.0 Å². The first-order valence-corrected chi connectivity index (χ1v) is 6.45. The lowest BCUT2D eigenvalue weighted by Crippen LogP contribution is -2.46. The molecule has 0 aromatic carbocycles. The van der Waals surface area contributed by atoms with Gasteiger partial charge in [-0.2, -0.15) is 0 Å². The van der Waals surface area contributed by atoms with Crippen LogP contribution >= 0.6 is 0 Å². The largest absolute Gasteiger partial charge is 0.354 e. The minimum atomic E-state index is -0.161. The van der Waals surface area contributed by atoms with Crippen LogP contribution in [0.3, 0.4) is 0 Å². The molecule has 0 aromatic rings. The summed E-state index contributed by atoms with van der Waals surface area (Å²) in [6.07, 6.45) is 4.59. The van der Waals surface area contributed by atoms with Crippen LogP contribution in [0.25, 0.3) is 0 Å². The van der Waals surface area contributed by atoms with E-state index in [1.54, 1.807) is 0 Å². The van der Waals surface area contributed by atoms with E-state index in [0.717, 1.165) is 19.3 Å². The first-order valence-electron chi connectivity index (χ1n) is 6.45. The Bertz CT molecular complexity index is 246. The van der Waals surface area contributed by atoms with E-state index >= 15 is 0 Å². The first-order chi connectivity index (χ1) is 8.11. The zero-order valence-corrected chi connectivity index (χ0v) is 10.7. The molecule has 1 aliphatic carbocycles. The molecule has 5 heteroatoms. The number of carbonyl (C=O) groups is 2. The number of hydrogen-bond acceptors (Lipinski definition) is 2. The summed E-state index contributed by atoms with van der Waals surface area (Å²) in [5.74, 6) is -0.0108. The van der Waals surface area contributed by atoms with Crippen molar-refractivity contribution in [3.63, 3.8) is 0 Å². The molecule has 5 nitrogen and oxygen atoms in total. The van der Waals surface area contributed by atoms with Crippen molar-refractivity contribution < 1.29 is 9.59 Å². The van der Waals surface area contributed by atoms with Crippen LogP contribution in [0.4, 0.5) is 4.79 Å². The molecule has 0 bridgehead atoms. The monoisotopic (exact) mass is 241 g/mol. The molecule has 1 rings (SSSR count). The maximum Gasteiger partial charge on any atom is 0.315 e. The third-order valence-corrected chi connectivity index (χ3v) is 3.10. The summed E-state index contributed by atoms with van der Waals surface area (Å²) in [5.41, 5.74) is 0. The standard InChI is InChI=1S/C12H23N3O2/c1-3-9(2)14-11(16)7-8-13-12(17)15-10-5-4-6-10/h9-10H,3-8H2,1-2H3,(H,14,16)(H2,13,15,17). The van der Waals surface area contributed by atoms with Gasteiger partial charge in [-0.25, -0.2) is 4.79 Å². The highest BCUT2D eigenvalue weighted by molar-refractivity contribution is 5.78. The summed E-state index contributed by atoms with van der Waals surface area (Å²) in [7, 11) is 0. The second-order valence-corrected chi connectivity index (χ2v) is 4.65. The van der Waals surface area contributed by atoms with Crippen LogP contribution in [0.5, 0.6) is 0 Å². The third-order valence-electron chi connectivity index (χ3n) is 3.10. The van der Waals surface area contributed by atoms with Crippen LogP contribution in [-0.2, 0) is 4.79 Å². The molecule has 17 heavy (non-hydrogen) atoms. The summed E-state index contributed by atoms with van der Waals surface area (Å²) in [6.45, 7) is 4.38. The lowest BCUT2D eigenvalue weighted by molar-refractivity contribution is -0.121. The van der Waals surface area contributed by atoms with E-state index in [0.29, 0.717) is 19.0 Å². The highest BCUT2D eigenvalue weighted by atomic mass is 16.2. The highest BCUT2D eigenvalue weighted by Gasteiger charge is 2.18. The molecule has 3 amide bonds. The van der Waals surface area contributed by atoms with Gasteiger partial charge in [0.05, 0.1) is 0 Å². The van der Waals surface area contributed by atoms with E-state index in [1.807, 2.05) is 13.8 Å². The normalized spacial score (nSPS) is 16.8. The molecular weight excluding hydrogens is 218 g/mol. The molecule has 3 N–H and O–H groups in total. The maximum absolute atomic E-state index is 11.4. The van der Waals surface area contributed by atoms with Crippen LogP contribution in [-0.4, -0.2) is 30.6 Å². The highest BCUT2D eigenvalue weighted by Crippen LogP contribution is 2.17. The van der Waals surface area contributed by atoms with Crippen molar-refractivity contribution in [2.75, 3.05) is 6.54 Å². The van der Waals surface area contributed by atoms with E-state index in [1.165, 1.54) is 6.42 Å². The molecule has 0 aliphatic heterocycles. The smallest absolute Gasteiger partial charge is 0.315 e. The van der Waals surface area contributed by atoms with Crippen molar-refractivity contribution in [3.05, 3.63) is 0 Å². The Morgan fingerprint density at radius 3 is 2.59 bits per heavy atom. The van der Waals surface area contributed by atoms with Crippen LogP contribution < -0.4 is 16.0 Å². The number of hydrogen-bond donors (Lipinski definition) is 3. The van der Waals surface area contributed by atoms with Gasteiger partial charge in [0.15, 0.2) is 0 Å². The molecule has 0 heterocycles. The maximum atomic E-state index is 11.4. The lowest BCUT2D eigenvalue weighted by Gasteiger charge is -2.26. The average Bonchev–Trinajstić information content (AvgIpc) is 2.23. The molecule has 1 atom stereocenters. The fourth-order valence-electron chi connectivity index (χ4n) is 1.53. The van der Waals surface area contributed by atoms with Gasteiger partial charge in [0, 0.05) is 25.0 Å².